The van der Waals surface area contributed by atoms with Gasteiger partial charge in [0.1, 0.15) is 18.3 Å². The number of anilines is 1. The summed E-state index contributed by atoms with van der Waals surface area (Å²) in [7, 11) is -5.14. The number of phosphoric acid groups is 1. The monoisotopic (exact) mass is 459 g/mol. The first-order chi connectivity index (χ1) is 11.5. The molecule has 0 aromatic carbocycles. The van der Waals surface area contributed by atoms with Crippen LogP contribution in [0.1, 0.15) is 6.23 Å². The molecule has 3 rings (SSSR count). The van der Waals surface area contributed by atoms with Crippen LogP contribution in [0.2, 0.25) is 0 Å². The van der Waals surface area contributed by atoms with Crippen LogP contribution in [-0.2, 0) is 9.30 Å². The molecule has 0 spiro atoms. The van der Waals surface area contributed by atoms with Crippen molar-refractivity contribution in [2.24, 2.45) is 0 Å². The van der Waals surface area contributed by atoms with Crippen molar-refractivity contribution in [2.45, 2.75) is 24.5 Å². The SMILES string of the molecule is Nc1nc(F)nc2c1ncn2[C@@H]1O[C@H](CO)[C@@H](O)[C@@H]1O.O=P([O-])([O-])O.[K+].[K+]. The summed E-state index contributed by atoms with van der Waals surface area (Å²) in [6.45, 7) is -0.465. The molecule has 2 aromatic heterocycles. The van der Waals surface area contributed by atoms with Crippen LogP contribution < -0.4 is 118 Å². The van der Waals surface area contributed by atoms with Gasteiger partial charge in [0.05, 0.1) is 20.8 Å². The molecule has 0 bridgehead atoms. The largest absolute Gasteiger partial charge is 1.00 e. The van der Waals surface area contributed by atoms with Crippen LogP contribution >= 0.6 is 7.82 Å². The molecule has 27 heavy (non-hydrogen) atoms. The molecule has 4 atom stereocenters. The van der Waals surface area contributed by atoms with Gasteiger partial charge in [-0.2, -0.15) is 14.4 Å². The van der Waals surface area contributed by atoms with Gasteiger partial charge in [0.15, 0.2) is 23.2 Å². The summed E-state index contributed by atoms with van der Waals surface area (Å²) in [6, 6.07) is 0. The Morgan fingerprint density at radius 1 is 1.30 bits per heavy atom. The van der Waals surface area contributed by atoms with Gasteiger partial charge in [-0.1, -0.05) is 0 Å². The number of aliphatic hydroxyl groups is 3. The van der Waals surface area contributed by atoms with Gasteiger partial charge in [-0.05, 0) is 0 Å². The summed E-state index contributed by atoms with van der Waals surface area (Å²) in [6.07, 6.45) is -4.38. The number of aliphatic hydroxyl groups excluding tert-OH is 3. The predicted molar refractivity (Wildman–Crippen MR) is 72.5 cm³/mol. The summed E-state index contributed by atoms with van der Waals surface area (Å²) < 4.78 is 28.4. The molecule has 140 valence electrons. The van der Waals surface area contributed by atoms with Gasteiger partial charge >= 0.3 is 109 Å². The molecular weight excluding hydrogens is 446 g/mol. The van der Waals surface area contributed by atoms with E-state index in [2.05, 4.69) is 15.0 Å². The first kappa shape index (κ1) is 28.5. The average Bonchev–Trinajstić information content (AvgIpc) is 3.00. The van der Waals surface area contributed by atoms with Gasteiger partial charge in [0.25, 0.3) is 0 Å². The molecule has 1 saturated heterocycles. The molecule has 0 radical (unpaired) electrons. The standard InChI is InChI=1S/C10H12FN5O4.2K.H3O4P/c11-10-14-7(12)4-8(15-10)16(2-13-4)9-6(19)5(18)3(1-17)20-9;;;1-5(2,3)4/h2-3,5-6,9,17-19H,1H2,(H2,12,14,15);;;(H3,1,2,3,4)/q;2*+1;/p-2/t3-,5-,6+,9-;;;/m1.../s1. The molecule has 0 aliphatic carbocycles. The Morgan fingerprint density at radius 2 is 1.85 bits per heavy atom. The Hall–Kier alpha value is 1.50. The molecular formula is C10H13FK2N5O8P. The Labute approximate surface area is 236 Å². The third kappa shape index (κ3) is 7.60. The molecule has 2 aromatic rings. The first-order valence-corrected chi connectivity index (χ1v) is 8.05. The van der Waals surface area contributed by atoms with E-state index in [1.807, 2.05) is 0 Å². The fraction of sp³-hybridized carbons (Fsp3) is 0.500. The molecule has 3 heterocycles. The number of nitrogens with zero attached hydrogens (tertiary/aromatic N) is 4. The van der Waals surface area contributed by atoms with E-state index in [1.54, 1.807) is 0 Å². The van der Waals surface area contributed by atoms with Gasteiger partial charge in [-0.3, -0.25) is 4.57 Å². The minimum Gasteiger partial charge on any atom is -0.790 e. The number of hydrogen-bond acceptors (Lipinski definition) is 11. The fourth-order valence-corrected chi connectivity index (χ4v) is 2.21. The summed E-state index contributed by atoms with van der Waals surface area (Å²) in [5.41, 5.74) is 5.71. The molecule has 0 amide bonds. The number of hydrogen-bond donors (Lipinski definition) is 5. The molecule has 0 saturated carbocycles. The van der Waals surface area contributed by atoms with Crippen LogP contribution in [0.25, 0.3) is 11.2 Å². The van der Waals surface area contributed by atoms with Gasteiger partial charge in [-0.25, -0.2) is 4.98 Å². The van der Waals surface area contributed by atoms with Crippen LogP contribution in [0, 0.1) is 6.08 Å². The normalized spacial score (nSPS) is 24.6. The van der Waals surface area contributed by atoms with Crippen molar-refractivity contribution in [3.63, 3.8) is 0 Å². The molecule has 0 unspecified atom stereocenters. The van der Waals surface area contributed by atoms with Gasteiger partial charge in [0.2, 0.25) is 0 Å². The van der Waals surface area contributed by atoms with Gasteiger partial charge in [0, 0.05) is 0 Å². The quantitative estimate of drug-likeness (QED) is 0.160. The molecule has 1 aliphatic rings. The van der Waals surface area contributed by atoms with Crippen molar-refractivity contribution in [1.29, 1.82) is 0 Å². The van der Waals surface area contributed by atoms with E-state index < -0.39 is 45.0 Å². The number of ether oxygens (including phenoxy) is 1. The molecule has 6 N–H and O–H groups in total. The second kappa shape index (κ2) is 11.8. The second-order valence-electron chi connectivity index (χ2n) is 4.90. The zero-order valence-corrected chi connectivity index (χ0v) is 21.3. The van der Waals surface area contributed by atoms with E-state index in [1.165, 1.54) is 10.9 Å². The average molecular weight is 459 g/mol. The number of imidazole rings is 1. The Morgan fingerprint density at radius 3 is 2.33 bits per heavy atom. The van der Waals surface area contributed by atoms with Crippen LogP contribution in [-0.4, -0.2) is 64.7 Å². The Balaban J connectivity index is 0.000000864. The summed E-state index contributed by atoms with van der Waals surface area (Å²) in [5, 5.41) is 28.7. The van der Waals surface area contributed by atoms with E-state index in [0.29, 0.717) is 0 Å². The topological polar surface area (TPSA) is 223 Å². The minimum atomic E-state index is -5.14. The number of fused-ring (bicyclic) bond motifs is 1. The third-order valence-electron chi connectivity index (χ3n) is 3.21. The molecule has 1 fully saturated rings. The maximum atomic E-state index is 13.2. The van der Waals surface area contributed by atoms with E-state index in [-0.39, 0.29) is 120 Å². The third-order valence-corrected chi connectivity index (χ3v) is 3.21. The number of nitrogens with two attached hydrogens (primary N) is 1. The number of halogens is 1. The number of nitrogen functional groups attached to an aromatic ring is 1. The summed E-state index contributed by atoms with van der Waals surface area (Å²) >= 11 is 0. The maximum Gasteiger partial charge on any atom is 1.00 e. The van der Waals surface area contributed by atoms with Crippen molar-refractivity contribution < 1.29 is 146 Å². The van der Waals surface area contributed by atoms with Crippen LogP contribution in [0.15, 0.2) is 6.33 Å². The van der Waals surface area contributed by atoms with Crippen LogP contribution in [0.5, 0.6) is 0 Å². The molecule has 13 nitrogen and oxygen atoms in total. The van der Waals surface area contributed by atoms with E-state index in [9.17, 15) is 14.6 Å². The van der Waals surface area contributed by atoms with Crippen molar-refractivity contribution in [2.75, 3.05) is 12.3 Å². The van der Waals surface area contributed by atoms with Gasteiger partial charge < -0.3 is 45.0 Å². The smallest absolute Gasteiger partial charge is 0.790 e. The molecule has 1 aliphatic heterocycles. The van der Waals surface area contributed by atoms with Crippen LogP contribution in [0.4, 0.5) is 10.2 Å². The first-order valence-electron chi connectivity index (χ1n) is 6.55. The van der Waals surface area contributed by atoms with E-state index in [4.69, 9.17) is 34.8 Å². The number of rotatable bonds is 2. The number of aromatic nitrogens is 4. The fourth-order valence-electron chi connectivity index (χ4n) is 2.21. The second-order valence-corrected chi connectivity index (χ2v) is 5.84. The van der Waals surface area contributed by atoms with Crippen molar-refractivity contribution in [3.05, 3.63) is 12.4 Å². The Kier molecular flexibility index (Phi) is 12.4. The van der Waals surface area contributed by atoms with E-state index >= 15 is 0 Å². The Bertz CT molecular complexity index is 801. The maximum absolute atomic E-state index is 13.2. The zero-order valence-electron chi connectivity index (χ0n) is 14.2. The van der Waals surface area contributed by atoms with E-state index in [0.717, 1.165) is 0 Å². The van der Waals surface area contributed by atoms with Crippen LogP contribution in [0.3, 0.4) is 0 Å². The zero-order chi connectivity index (χ0) is 18.9. The van der Waals surface area contributed by atoms with Crippen molar-refractivity contribution >= 4 is 24.8 Å². The minimum absolute atomic E-state index is 0. The summed E-state index contributed by atoms with van der Waals surface area (Å²) in [4.78, 5) is 35.1. The molecule has 17 heteroatoms. The predicted octanol–water partition coefficient (Wildman–Crippen LogP) is -10.0. The summed E-state index contributed by atoms with van der Waals surface area (Å²) in [5.74, 6) is -0.141. The van der Waals surface area contributed by atoms with Gasteiger partial charge in [-0.15, -0.1) is 0 Å². The van der Waals surface area contributed by atoms with Crippen molar-refractivity contribution in [3.8, 4) is 0 Å². The van der Waals surface area contributed by atoms with Crippen molar-refractivity contribution in [1.82, 2.24) is 19.5 Å².